The van der Waals surface area contributed by atoms with E-state index >= 15 is 0 Å². The Labute approximate surface area is 287 Å². The molecule has 254 valence electrons. The van der Waals surface area contributed by atoms with E-state index in [-0.39, 0.29) is 51.9 Å². The minimum Gasteiger partial charge on any atom is -0.386 e. The lowest BCUT2D eigenvalue weighted by atomic mass is 10.3. The number of amides is 5. The Morgan fingerprint density at radius 1 is 0.796 bits per heavy atom. The van der Waals surface area contributed by atoms with Crippen LogP contribution in [0, 0.1) is 11.5 Å². The van der Waals surface area contributed by atoms with E-state index in [2.05, 4.69) is 59.2 Å². The lowest BCUT2D eigenvalue weighted by Gasteiger charge is -2.05. The summed E-state index contributed by atoms with van der Waals surface area (Å²) in [6.45, 7) is 3.66. The standard InChI is InChI=1S/C30H32BrN13O5/c1-16(31)26(45)39-25-11-23(44(5)40-25)30(49)38-19-10-22(43(4)14-19)29(48)37-18-9-21(42(3)13-18)28(47)36-17-8-20(41(2)12-17)27(46)34-7-6-24(33)35-15-32/h8-14H,1,6-7H2,2-5H3,(H2,33,35)(H,34,46)(H,36,47)(H,37,48)(H,38,49)(H,39,40,45). The number of halogens is 1. The van der Waals surface area contributed by atoms with Crippen LogP contribution in [0.25, 0.3) is 0 Å². The van der Waals surface area contributed by atoms with Gasteiger partial charge in [-0.15, -0.1) is 0 Å². The molecule has 4 rings (SSSR count). The molecule has 0 spiro atoms. The average Bonchev–Trinajstić information content (AvgIpc) is 3.78. The van der Waals surface area contributed by atoms with Crippen molar-refractivity contribution in [3.8, 4) is 6.19 Å². The second-order valence-electron chi connectivity index (χ2n) is 10.6. The van der Waals surface area contributed by atoms with Crippen molar-refractivity contribution in [1.29, 1.82) is 5.26 Å². The van der Waals surface area contributed by atoms with Crippen molar-refractivity contribution in [2.45, 2.75) is 6.42 Å². The van der Waals surface area contributed by atoms with Gasteiger partial charge in [0.25, 0.3) is 29.5 Å². The van der Waals surface area contributed by atoms with Crippen molar-refractivity contribution < 1.29 is 24.0 Å². The number of nitrogens with zero attached hydrogens (tertiary/aromatic N) is 7. The van der Waals surface area contributed by atoms with Gasteiger partial charge in [0.2, 0.25) is 6.19 Å². The SMILES string of the molecule is C=C(Br)C(=O)Nc1cc(C(=O)Nc2cc(C(=O)Nc3cc(C(=O)Nc4cc(C(=O)NCCC(N)=NC#N)n(C)c4)n(C)c3)n(C)c2)n(C)n1. The van der Waals surface area contributed by atoms with Crippen LogP contribution in [0.5, 0.6) is 0 Å². The molecule has 0 saturated heterocycles. The third-order valence-corrected chi connectivity index (χ3v) is 7.31. The Hall–Kier alpha value is -6.42. The number of anilines is 4. The van der Waals surface area contributed by atoms with E-state index in [1.165, 1.54) is 38.1 Å². The minimum absolute atomic E-state index is 0.0985. The molecule has 0 fully saturated rings. The van der Waals surface area contributed by atoms with Gasteiger partial charge in [-0.2, -0.15) is 15.4 Å². The van der Waals surface area contributed by atoms with Crippen LogP contribution in [-0.4, -0.2) is 65.4 Å². The number of nitriles is 1. The van der Waals surface area contributed by atoms with Crippen molar-refractivity contribution in [1.82, 2.24) is 28.8 Å². The molecule has 0 aliphatic carbocycles. The van der Waals surface area contributed by atoms with E-state index < -0.39 is 29.5 Å². The van der Waals surface area contributed by atoms with Crippen LogP contribution in [0.1, 0.15) is 48.4 Å². The van der Waals surface area contributed by atoms with Crippen molar-refractivity contribution in [2.75, 3.05) is 27.8 Å². The highest BCUT2D eigenvalue weighted by Crippen LogP contribution is 2.20. The van der Waals surface area contributed by atoms with Gasteiger partial charge < -0.3 is 46.0 Å². The van der Waals surface area contributed by atoms with Crippen LogP contribution in [0.3, 0.4) is 0 Å². The molecule has 0 bridgehead atoms. The number of carbonyl (C=O) groups excluding carboxylic acids is 5. The monoisotopic (exact) mass is 733 g/mol. The summed E-state index contributed by atoms with van der Waals surface area (Å²) in [5, 5.41) is 26.0. The van der Waals surface area contributed by atoms with Gasteiger partial charge in [-0.25, -0.2) is 0 Å². The summed E-state index contributed by atoms with van der Waals surface area (Å²) in [6, 6.07) is 5.87. The molecule has 0 aliphatic heterocycles. The van der Waals surface area contributed by atoms with Crippen LogP contribution in [0.4, 0.5) is 22.9 Å². The zero-order chi connectivity index (χ0) is 36.0. The summed E-state index contributed by atoms with van der Waals surface area (Å²) in [4.78, 5) is 67.0. The minimum atomic E-state index is -0.525. The Balaban J connectivity index is 1.37. The zero-order valence-electron chi connectivity index (χ0n) is 26.8. The predicted octanol–water partition coefficient (Wildman–Crippen LogP) is 2.00. The summed E-state index contributed by atoms with van der Waals surface area (Å²) >= 11 is 2.98. The number of hydrogen-bond donors (Lipinski definition) is 6. The highest BCUT2D eigenvalue weighted by Gasteiger charge is 2.20. The molecule has 19 heteroatoms. The molecule has 0 unspecified atom stereocenters. The number of carbonyl (C=O) groups is 5. The number of rotatable bonds is 12. The van der Waals surface area contributed by atoms with Gasteiger partial charge in [-0.05, 0) is 34.1 Å². The topological polar surface area (TPSA) is 240 Å². The van der Waals surface area contributed by atoms with Crippen LogP contribution < -0.4 is 32.3 Å². The number of amidine groups is 1. The van der Waals surface area contributed by atoms with Crippen molar-refractivity contribution in [2.24, 2.45) is 38.9 Å². The Morgan fingerprint density at radius 3 is 1.69 bits per heavy atom. The number of nitrogens with one attached hydrogen (secondary N) is 5. The maximum absolute atomic E-state index is 13.2. The summed E-state index contributed by atoms with van der Waals surface area (Å²) in [5.74, 6) is -2.18. The molecule has 0 saturated carbocycles. The van der Waals surface area contributed by atoms with E-state index in [0.717, 1.165) is 0 Å². The van der Waals surface area contributed by atoms with Crippen LogP contribution in [0.15, 0.2) is 58.9 Å². The number of hydrogen-bond acceptors (Lipinski definition) is 8. The predicted molar refractivity (Wildman–Crippen MR) is 184 cm³/mol. The molecule has 0 aromatic carbocycles. The lowest BCUT2D eigenvalue weighted by Crippen LogP contribution is -2.29. The van der Waals surface area contributed by atoms with Gasteiger partial charge in [0.05, 0.1) is 21.5 Å². The van der Waals surface area contributed by atoms with Gasteiger partial charge in [-0.3, -0.25) is 28.7 Å². The maximum atomic E-state index is 13.2. The highest BCUT2D eigenvalue weighted by molar-refractivity contribution is 9.12. The van der Waals surface area contributed by atoms with Crippen LogP contribution >= 0.6 is 15.9 Å². The molecule has 4 heterocycles. The molecule has 0 radical (unpaired) electrons. The number of aryl methyl sites for hydroxylation is 4. The van der Waals surface area contributed by atoms with Gasteiger partial charge in [-0.1, -0.05) is 6.58 Å². The molecule has 49 heavy (non-hydrogen) atoms. The average molecular weight is 735 g/mol. The quantitative estimate of drug-likeness (QED) is 0.0543. The fourth-order valence-corrected chi connectivity index (χ4v) is 4.70. The molecule has 18 nitrogen and oxygen atoms in total. The first-order chi connectivity index (χ1) is 23.2. The summed E-state index contributed by atoms with van der Waals surface area (Å²) < 4.78 is 5.99. The maximum Gasteiger partial charge on any atom is 0.274 e. The molecule has 7 N–H and O–H groups in total. The first-order valence-corrected chi connectivity index (χ1v) is 15.1. The molecule has 5 amide bonds. The highest BCUT2D eigenvalue weighted by atomic mass is 79.9. The zero-order valence-corrected chi connectivity index (χ0v) is 28.4. The smallest absolute Gasteiger partial charge is 0.274 e. The van der Waals surface area contributed by atoms with Gasteiger partial charge >= 0.3 is 0 Å². The van der Waals surface area contributed by atoms with Crippen molar-refractivity contribution in [3.63, 3.8) is 0 Å². The van der Waals surface area contributed by atoms with E-state index in [0.29, 0.717) is 17.1 Å². The summed E-state index contributed by atoms with van der Waals surface area (Å²) in [6.07, 6.45) is 6.47. The molecule has 0 atom stereocenters. The molecule has 0 aliphatic rings. The first-order valence-electron chi connectivity index (χ1n) is 14.3. The third kappa shape index (κ3) is 8.69. The first kappa shape index (κ1) is 35.4. The molecule has 4 aromatic rings. The second-order valence-corrected chi connectivity index (χ2v) is 11.6. The number of aromatic nitrogens is 5. The van der Waals surface area contributed by atoms with E-state index in [9.17, 15) is 24.0 Å². The van der Waals surface area contributed by atoms with Crippen molar-refractivity contribution >= 4 is 74.2 Å². The third-order valence-electron chi connectivity index (χ3n) is 6.95. The Morgan fingerprint density at radius 2 is 1.24 bits per heavy atom. The molecular formula is C30H32BrN13O5. The normalized spacial score (nSPS) is 11.0. The Kier molecular flexibility index (Phi) is 10.8. The Bertz CT molecular complexity index is 2060. The molecule has 4 aromatic heterocycles. The lowest BCUT2D eigenvalue weighted by molar-refractivity contribution is -0.112. The second kappa shape index (κ2) is 15.0. The van der Waals surface area contributed by atoms with Crippen molar-refractivity contribution in [3.05, 3.63) is 76.7 Å². The van der Waals surface area contributed by atoms with Gasteiger partial charge in [0, 0.05) is 65.8 Å². The fourth-order valence-electron chi connectivity index (χ4n) is 4.60. The number of nitrogens with two attached hydrogens (primary N) is 1. The molecular weight excluding hydrogens is 702 g/mol. The fraction of sp³-hybridized carbons (Fsp3) is 0.200. The largest absolute Gasteiger partial charge is 0.386 e. The van der Waals surface area contributed by atoms with E-state index in [1.54, 1.807) is 57.5 Å². The van der Waals surface area contributed by atoms with Crippen LogP contribution in [-0.2, 0) is 33.0 Å². The van der Waals surface area contributed by atoms with E-state index in [1.807, 2.05) is 0 Å². The summed E-state index contributed by atoms with van der Waals surface area (Å²) in [7, 11) is 6.45. The van der Waals surface area contributed by atoms with Crippen LogP contribution in [0.2, 0.25) is 0 Å². The number of aliphatic imine (C=N–C) groups is 1. The van der Waals surface area contributed by atoms with E-state index in [4.69, 9.17) is 11.0 Å². The summed E-state index contributed by atoms with van der Waals surface area (Å²) in [5.41, 5.74) is 7.47. The van der Waals surface area contributed by atoms with Gasteiger partial charge in [0.15, 0.2) is 5.82 Å². The van der Waals surface area contributed by atoms with Gasteiger partial charge in [0.1, 0.15) is 28.6 Å².